The molecule has 0 fully saturated rings. The van der Waals surface area contributed by atoms with E-state index in [1.165, 1.54) is 13.2 Å². The van der Waals surface area contributed by atoms with Crippen LogP contribution in [-0.4, -0.2) is 25.5 Å². The van der Waals surface area contributed by atoms with E-state index in [-0.39, 0.29) is 12.4 Å². The lowest BCUT2D eigenvalue weighted by Crippen LogP contribution is -2.34. The zero-order chi connectivity index (χ0) is 11.7. The van der Waals surface area contributed by atoms with Gasteiger partial charge in [0, 0.05) is 5.02 Å². The van der Waals surface area contributed by atoms with Crippen molar-refractivity contribution in [2.24, 2.45) is 5.92 Å². The molecule has 0 aromatic heterocycles. The molecule has 1 unspecified atom stereocenters. The number of fused-ring (bicyclic) bond motifs is 1. The Morgan fingerprint density at radius 3 is 3.00 bits per heavy atom. The molecule has 0 amide bonds. The molecular weight excluding hydrogens is 232 g/mol. The second kappa shape index (κ2) is 4.14. The third-order valence-corrected chi connectivity index (χ3v) is 2.65. The van der Waals surface area contributed by atoms with E-state index in [2.05, 4.69) is 4.74 Å². The Hall–Kier alpha value is -1.55. The first kappa shape index (κ1) is 11.0. The molecule has 0 radical (unpaired) electrons. The number of esters is 1. The molecule has 1 heterocycles. The number of Topliss-reactive ketones (excluding diaryl/α,β-unsaturated/α-hetero) is 1. The van der Waals surface area contributed by atoms with Gasteiger partial charge in [-0.2, -0.15) is 0 Å². The SMILES string of the molecule is COC(=O)C1COc2ccc(Cl)cc2C1=O. The molecule has 0 N–H and O–H groups in total. The first-order valence-corrected chi connectivity index (χ1v) is 5.05. The number of ether oxygens (including phenoxy) is 2. The summed E-state index contributed by atoms with van der Waals surface area (Å²) in [6.45, 7) is 0.0140. The number of hydrogen-bond acceptors (Lipinski definition) is 4. The van der Waals surface area contributed by atoms with Gasteiger partial charge in [0.25, 0.3) is 0 Å². The average molecular weight is 241 g/mol. The lowest BCUT2D eigenvalue weighted by atomic mass is 9.95. The van der Waals surface area contributed by atoms with Crippen molar-refractivity contribution in [2.45, 2.75) is 0 Å². The smallest absolute Gasteiger partial charge is 0.320 e. The second-order valence-corrected chi connectivity index (χ2v) is 3.83. The lowest BCUT2D eigenvalue weighted by Gasteiger charge is -2.22. The third-order valence-electron chi connectivity index (χ3n) is 2.41. The van der Waals surface area contributed by atoms with Crippen molar-refractivity contribution in [1.82, 2.24) is 0 Å². The van der Waals surface area contributed by atoms with Crippen molar-refractivity contribution >= 4 is 23.4 Å². The maximum absolute atomic E-state index is 11.9. The predicted octanol–water partition coefficient (Wildman–Crippen LogP) is 1.70. The number of hydrogen-bond donors (Lipinski definition) is 0. The lowest BCUT2D eigenvalue weighted by molar-refractivity contribution is -0.144. The van der Waals surface area contributed by atoms with Gasteiger partial charge in [-0.25, -0.2) is 0 Å². The standard InChI is InChI=1S/C11H9ClO4/c1-15-11(14)8-5-16-9-3-2-6(12)4-7(9)10(8)13/h2-4,8H,5H2,1H3. The number of rotatable bonds is 1. The Balaban J connectivity index is 2.38. The molecule has 84 valence electrons. The van der Waals surface area contributed by atoms with Crippen LogP contribution in [0.15, 0.2) is 18.2 Å². The second-order valence-electron chi connectivity index (χ2n) is 3.39. The Kier molecular flexibility index (Phi) is 2.83. The van der Waals surface area contributed by atoms with Crippen molar-refractivity contribution in [1.29, 1.82) is 0 Å². The molecule has 2 rings (SSSR count). The molecule has 16 heavy (non-hydrogen) atoms. The molecule has 0 spiro atoms. The summed E-state index contributed by atoms with van der Waals surface area (Å²) >= 11 is 5.78. The van der Waals surface area contributed by atoms with Crippen molar-refractivity contribution in [3.8, 4) is 5.75 Å². The quantitative estimate of drug-likeness (QED) is 0.554. The number of halogens is 1. The minimum absolute atomic E-state index is 0.0140. The van der Waals surface area contributed by atoms with Crippen LogP contribution in [0.1, 0.15) is 10.4 Å². The molecule has 1 aromatic carbocycles. The topological polar surface area (TPSA) is 52.6 Å². The van der Waals surface area contributed by atoms with Crippen LogP contribution in [0, 0.1) is 5.92 Å². The van der Waals surface area contributed by atoms with Gasteiger partial charge in [0.05, 0.1) is 12.7 Å². The normalized spacial score (nSPS) is 18.6. The van der Waals surface area contributed by atoms with Crippen LogP contribution in [-0.2, 0) is 9.53 Å². The van der Waals surface area contributed by atoms with Crippen LogP contribution in [0.3, 0.4) is 0 Å². The van der Waals surface area contributed by atoms with E-state index < -0.39 is 11.9 Å². The number of ketones is 1. The number of carbonyl (C=O) groups is 2. The van der Waals surface area contributed by atoms with E-state index in [9.17, 15) is 9.59 Å². The van der Waals surface area contributed by atoms with Crippen molar-refractivity contribution in [3.63, 3.8) is 0 Å². The Bertz CT molecular complexity index is 455. The van der Waals surface area contributed by atoms with E-state index in [1.807, 2.05) is 0 Å². The fourth-order valence-corrected chi connectivity index (χ4v) is 1.75. The van der Waals surface area contributed by atoms with Gasteiger partial charge in [0.15, 0.2) is 11.7 Å². The molecule has 1 aliphatic rings. The Morgan fingerprint density at radius 2 is 2.31 bits per heavy atom. The zero-order valence-electron chi connectivity index (χ0n) is 8.53. The maximum atomic E-state index is 11.9. The molecule has 1 atom stereocenters. The number of carbonyl (C=O) groups excluding carboxylic acids is 2. The summed E-state index contributed by atoms with van der Waals surface area (Å²) in [7, 11) is 1.24. The molecule has 1 aliphatic heterocycles. The van der Waals surface area contributed by atoms with Gasteiger partial charge < -0.3 is 9.47 Å². The number of benzene rings is 1. The van der Waals surface area contributed by atoms with Gasteiger partial charge in [-0.15, -0.1) is 0 Å². The maximum Gasteiger partial charge on any atom is 0.320 e. The van der Waals surface area contributed by atoms with E-state index in [0.29, 0.717) is 16.3 Å². The highest BCUT2D eigenvalue weighted by Gasteiger charge is 2.35. The monoisotopic (exact) mass is 240 g/mol. The molecule has 0 aliphatic carbocycles. The minimum atomic E-state index is -0.893. The Morgan fingerprint density at radius 1 is 1.56 bits per heavy atom. The Labute approximate surface area is 97.1 Å². The fourth-order valence-electron chi connectivity index (χ4n) is 1.57. The van der Waals surface area contributed by atoms with Gasteiger partial charge in [-0.1, -0.05) is 11.6 Å². The van der Waals surface area contributed by atoms with E-state index >= 15 is 0 Å². The van der Waals surface area contributed by atoms with Crippen LogP contribution < -0.4 is 4.74 Å². The van der Waals surface area contributed by atoms with Gasteiger partial charge in [-0.05, 0) is 18.2 Å². The fraction of sp³-hybridized carbons (Fsp3) is 0.273. The third kappa shape index (κ3) is 1.76. The van der Waals surface area contributed by atoms with E-state index in [4.69, 9.17) is 16.3 Å². The van der Waals surface area contributed by atoms with Crippen LogP contribution in [0.25, 0.3) is 0 Å². The summed E-state index contributed by atoms with van der Waals surface area (Å²) in [6, 6.07) is 4.74. The van der Waals surface area contributed by atoms with E-state index in [0.717, 1.165) is 0 Å². The van der Waals surface area contributed by atoms with Crippen LogP contribution in [0.5, 0.6) is 5.75 Å². The van der Waals surface area contributed by atoms with Gasteiger partial charge >= 0.3 is 5.97 Å². The molecule has 1 aromatic rings. The van der Waals surface area contributed by atoms with Gasteiger partial charge in [0.2, 0.25) is 0 Å². The molecule has 5 heteroatoms. The summed E-state index contributed by atoms with van der Waals surface area (Å²) in [5.74, 6) is -1.34. The number of methoxy groups -OCH3 is 1. The summed E-state index contributed by atoms with van der Waals surface area (Å²) < 4.78 is 9.84. The van der Waals surface area contributed by atoms with Crippen molar-refractivity contribution < 1.29 is 19.1 Å². The van der Waals surface area contributed by atoms with Gasteiger partial charge in [-0.3, -0.25) is 9.59 Å². The predicted molar refractivity (Wildman–Crippen MR) is 56.8 cm³/mol. The molecule has 4 nitrogen and oxygen atoms in total. The van der Waals surface area contributed by atoms with Crippen LogP contribution in [0.2, 0.25) is 5.02 Å². The zero-order valence-corrected chi connectivity index (χ0v) is 9.28. The van der Waals surface area contributed by atoms with Gasteiger partial charge in [0.1, 0.15) is 12.4 Å². The summed E-state index contributed by atoms with van der Waals surface area (Å²) in [5.41, 5.74) is 0.328. The first-order chi connectivity index (χ1) is 7.63. The van der Waals surface area contributed by atoms with Crippen molar-refractivity contribution in [3.05, 3.63) is 28.8 Å². The average Bonchev–Trinajstić information content (AvgIpc) is 2.29. The summed E-state index contributed by atoms with van der Waals surface area (Å²) in [5, 5.41) is 0.432. The molecule has 0 saturated carbocycles. The van der Waals surface area contributed by atoms with Crippen molar-refractivity contribution in [2.75, 3.05) is 13.7 Å². The molecule has 0 bridgehead atoms. The highest BCUT2D eigenvalue weighted by atomic mass is 35.5. The highest BCUT2D eigenvalue weighted by Crippen LogP contribution is 2.30. The largest absolute Gasteiger partial charge is 0.491 e. The highest BCUT2D eigenvalue weighted by molar-refractivity contribution is 6.31. The minimum Gasteiger partial charge on any atom is -0.491 e. The van der Waals surface area contributed by atoms with Crippen LogP contribution >= 0.6 is 11.6 Å². The molecule has 0 saturated heterocycles. The first-order valence-electron chi connectivity index (χ1n) is 4.68. The summed E-state index contributed by atoms with van der Waals surface area (Å²) in [6.07, 6.45) is 0. The van der Waals surface area contributed by atoms with E-state index in [1.54, 1.807) is 12.1 Å². The molecular formula is C11H9ClO4. The summed E-state index contributed by atoms with van der Waals surface area (Å²) in [4.78, 5) is 23.2. The van der Waals surface area contributed by atoms with Crippen LogP contribution in [0.4, 0.5) is 0 Å².